The number of nitrogen functional groups attached to an aromatic ring is 1. The molecule has 2 atom stereocenters. The van der Waals surface area contributed by atoms with E-state index in [9.17, 15) is 13.2 Å². The molecular formula is C10H13F3N4O. The van der Waals surface area contributed by atoms with Gasteiger partial charge in [-0.1, -0.05) is 0 Å². The van der Waals surface area contributed by atoms with Crippen LogP contribution < -0.4 is 11.1 Å². The summed E-state index contributed by atoms with van der Waals surface area (Å²) in [5, 5.41) is 2.89. The van der Waals surface area contributed by atoms with Gasteiger partial charge >= 0.3 is 6.18 Å². The summed E-state index contributed by atoms with van der Waals surface area (Å²) in [4.78, 5) is 6.59. The van der Waals surface area contributed by atoms with Crippen LogP contribution in [0.4, 0.5) is 24.8 Å². The first-order valence-electron chi connectivity index (χ1n) is 5.46. The SMILES string of the molecule is CC1OCCC1Nc1cc(N)nc(C(F)(F)F)n1. The van der Waals surface area contributed by atoms with Crippen LogP contribution in [-0.4, -0.2) is 28.7 Å². The van der Waals surface area contributed by atoms with Crippen molar-refractivity contribution in [3.05, 3.63) is 11.9 Å². The quantitative estimate of drug-likeness (QED) is 0.848. The number of alkyl halides is 3. The molecule has 0 radical (unpaired) electrons. The summed E-state index contributed by atoms with van der Waals surface area (Å²) >= 11 is 0. The molecule has 18 heavy (non-hydrogen) atoms. The fourth-order valence-electron chi connectivity index (χ4n) is 1.78. The van der Waals surface area contributed by atoms with Crippen molar-refractivity contribution < 1.29 is 17.9 Å². The lowest BCUT2D eigenvalue weighted by Crippen LogP contribution is -2.28. The van der Waals surface area contributed by atoms with E-state index < -0.39 is 12.0 Å². The van der Waals surface area contributed by atoms with Gasteiger partial charge in [0.2, 0.25) is 5.82 Å². The summed E-state index contributed by atoms with van der Waals surface area (Å²) in [6.45, 7) is 2.42. The monoisotopic (exact) mass is 262 g/mol. The second-order valence-corrected chi connectivity index (χ2v) is 4.11. The molecule has 1 aromatic heterocycles. The Labute approximate surface area is 102 Å². The molecule has 0 amide bonds. The van der Waals surface area contributed by atoms with E-state index in [2.05, 4.69) is 15.3 Å². The number of anilines is 2. The van der Waals surface area contributed by atoms with Crippen molar-refractivity contribution in [2.45, 2.75) is 31.7 Å². The Hall–Kier alpha value is -1.57. The fraction of sp³-hybridized carbons (Fsp3) is 0.600. The van der Waals surface area contributed by atoms with Crippen LogP contribution in [0.1, 0.15) is 19.2 Å². The molecule has 1 saturated heterocycles. The molecule has 100 valence electrons. The van der Waals surface area contributed by atoms with E-state index in [0.29, 0.717) is 13.0 Å². The number of halogens is 3. The number of hydrogen-bond donors (Lipinski definition) is 2. The summed E-state index contributed by atoms with van der Waals surface area (Å²) in [7, 11) is 0. The van der Waals surface area contributed by atoms with E-state index >= 15 is 0 Å². The molecule has 2 unspecified atom stereocenters. The van der Waals surface area contributed by atoms with Crippen molar-refractivity contribution in [2.24, 2.45) is 0 Å². The molecule has 8 heteroatoms. The Morgan fingerprint density at radius 3 is 2.72 bits per heavy atom. The van der Waals surface area contributed by atoms with Gasteiger partial charge in [-0.2, -0.15) is 13.2 Å². The van der Waals surface area contributed by atoms with E-state index in [0.717, 1.165) is 0 Å². The van der Waals surface area contributed by atoms with Crippen LogP contribution in [0.5, 0.6) is 0 Å². The molecule has 1 aliphatic rings. The van der Waals surface area contributed by atoms with E-state index in [-0.39, 0.29) is 23.8 Å². The van der Waals surface area contributed by atoms with Crippen LogP contribution >= 0.6 is 0 Å². The smallest absolute Gasteiger partial charge is 0.384 e. The summed E-state index contributed by atoms with van der Waals surface area (Å²) in [6, 6.07) is 1.21. The zero-order valence-corrected chi connectivity index (χ0v) is 9.66. The third kappa shape index (κ3) is 2.81. The van der Waals surface area contributed by atoms with Gasteiger partial charge in [0.1, 0.15) is 11.6 Å². The molecule has 3 N–H and O–H groups in total. The highest BCUT2D eigenvalue weighted by molar-refractivity contribution is 5.45. The average Bonchev–Trinajstić information content (AvgIpc) is 2.62. The Kier molecular flexibility index (Phi) is 3.29. The van der Waals surface area contributed by atoms with E-state index in [1.54, 1.807) is 0 Å². The van der Waals surface area contributed by atoms with Crippen LogP contribution in [0.15, 0.2) is 6.07 Å². The van der Waals surface area contributed by atoms with Gasteiger partial charge in [0.25, 0.3) is 0 Å². The van der Waals surface area contributed by atoms with Crippen LogP contribution in [0.25, 0.3) is 0 Å². The van der Waals surface area contributed by atoms with Gasteiger partial charge in [0.15, 0.2) is 0 Å². The van der Waals surface area contributed by atoms with Gasteiger partial charge < -0.3 is 15.8 Å². The third-order valence-corrected chi connectivity index (χ3v) is 2.71. The minimum Gasteiger partial charge on any atom is -0.384 e. The van der Waals surface area contributed by atoms with Crippen LogP contribution in [-0.2, 0) is 10.9 Å². The van der Waals surface area contributed by atoms with Crippen LogP contribution in [0.2, 0.25) is 0 Å². The molecule has 2 rings (SSSR count). The standard InChI is InChI=1S/C10H13F3N4O/c1-5-6(2-3-18-5)15-8-4-7(14)16-9(17-8)10(11,12)13/h4-6H,2-3H2,1H3,(H3,14,15,16,17). The van der Waals surface area contributed by atoms with Crippen molar-refractivity contribution in [1.29, 1.82) is 0 Å². The van der Waals surface area contributed by atoms with Gasteiger partial charge in [0.05, 0.1) is 12.1 Å². The van der Waals surface area contributed by atoms with Crippen molar-refractivity contribution in [1.82, 2.24) is 9.97 Å². The zero-order valence-electron chi connectivity index (χ0n) is 9.66. The molecule has 1 aromatic rings. The minimum atomic E-state index is -4.61. The Morgan fingerprint density at radius 1 is 1.44 bits per heavy atom. The second kappa shape index (κ2) is 4.60. The molecule has 5 nitrogen and oxygen atoms in total. The molecule has 0 saturated carbocycles. The van der Waals surface area contributed by atoms with Crippen molar-refractivity contribution >= 4 is 11.6 Å². The normalized spacial score (nSPS) is 24.2. The molecule has 0 aromatic carbocycles. The zero-order chi connectivity index (χ0) is 13.3. The highest BCUT2D eigenvalue weighted by atomic mass is 19.4. The van der Waals surface area contributed by atoms with Gasteiger partial charge in [-0.05, 0) is 13.3 Å². The largest absolute Gasteiger partial charge is 0.451 e. The number of aromatic nitrogens is 2. The highest BCUT2D eigenvalue weighted by Gasteiger charge is 2.35. The van der Waals surface area contributed by atoms with Crippen LogP contribution in [0.3, 0.4) is 0 Å². The first-order valence-corrected chi connectivity index (χ1v) is 5.46. The maximum atomic E-state index is 12.5. The maximum Gasteiger partial charge on any atom is 0.451 e. The summed E-state index contributed by atoms with van der Waals surface area (Å²) < 4.78 is 42.8. The Balaban J connectivity index is 2.20. The lowest BCUT2D eigenvalue weighted by Gasteiger charge is -2.17. The molecule has 0 aliphatic carbocycles. The van der Waals surface area contributed by atoms with Crippen molar-refractivity contribution in [2.75, 3.05) is 17.7 Å². The van der Waals surface area contributed by atoms with Crippen molar-refractivity contribution in [3.63, 3.8) is 0 Å². The predicted molar refractivity (Wildman–Crippen MR) is 58.9 cm³/mol. The Morgan fingerprint density at radius 2 is 2.17 bits per heavy atom. The fourth-order valence-corrected chi connectivity index (χ4v) is 1.78. The number of ether oxygens (including phenoxy) is 1. The predicted octanol–water partition coefficient (Wildman–Crippen LogP) is 1.67. The molecule has 0 bridgehead atoms. The van der Waals surface area contributed by atoms with Crippen LogP contribution in [0, 0.1) is 0 Å². The lowest BCUT2D eigenvalue weighted by molar-refractivity contribution is -0.144. The average molecular weight is 262 g/mol. The topological polar surface area (TPSA) is 73.1 Å². The van der Waals surface area contributed by atoms with E-state index in [1.165, 1.54) is 6.07 Å². The molecule has 1 aliphatic heterocycles. The Bertz CT molecular complexity index is 438. The molecular weight excluding hydrogens is 249 g/mol. The van der Waals surface area contributed by atoms with Gasteiger partial charge in [-0.15, -0.1) is 0 Å². The summed E-state index contributed by atoms with van der Waals surface area (Å²) in [6.07, 6.45) is -3.97. The lowest BCUT2D eigenvalue weighted by atomic mass is 10.1. The third-order valence-electron chi connectivity index (χ3n) is 2.71. The van der Waals surface area contributed by atoms with Gasteiger partial charge in [-0.3, -0.25) is 0 Å². The highest BCUT2D eigenvalue weighted by Crippen LogP contribution is 2.28. The molecule has 1 fully saturated rings. The number of hydrogen-bond acceptors (Lipinski definition) is 5. The number of nitrogens with one attached hydrogen (secondary N) is 1. The van der Waals surface area contributed by atoms with E-state index in [1.807, 2.05) is 6.92 Å². The molecule has 0 spiro atoms. The first-order chi connectivity index (χ1) is 8.36. The minimum absolute atomic E-state index is 0.0668. The number of nitrogens with two attached hydrogens (primary N) is 1. The van der Waals surface area contributed by atoms with Gasteiger partial charge in [0, 0.05) is 12.7 Å². The maximum absolute atomic E-state index is 12.5. The van der Waals surface area contributed by atoms with Gasteiger partial charge in [-0.25, -0.2) is 9.97 Å². The van der Waals surface area contributed by atoms with Crippen molar-refractivity contribution in [3.8, 4) is 0 Å². The molecule has 2 heterocycles. The van der Waals surface area contributed by atoms with E-state index in [4.69, 9.17) is 10.5 Å². The summed E-state index contributed by atoms with van der Waals surface area (Å²) in [5.74, 6) is -1.39. The summed E-state index contributed by atoms with van der Waals surface area (Å²) in [5.41, 5.74) is 5.34. The second-order valence-electron chi connectivity index (χ2n) is 4.11. The first kappa shape index (κ1) is 12.9. The number of nitrogens with zero attached hydrogens (tertiary/aromatic N) is 2. The number of rotatable bonds is 2.